The lowest BCUT2D eigenvalue weighted by atomic mass is 10.1. The van der Waals surface area contributed by atoms with Gasteiger partial charge in [-0.3, -0.25) is 4.90 Å². The predicted molar refractivity (Wildman–Crippen MR) is 135 cm³/mol. The van der Waals surface area contributed by atoms with Crippen LogP contribution in [-0.2, 0) is 12.3 Å². The van der Waals surface area contributed by atoms with Crippen LogP contribution < -0.4 is 10.6 Å². The van der Waals surface area contributed by atoms with Crippen LogP contribution >= 0.6 is 35.7 Å². The number of hydrogen-bond donors (Lipinski definition) is 2. The Hall–Kier alpha value is -0.580. The summed E-state index contributed by atoms with van der Waals surface area (Å²) in [6, 6.07) is 5.46. The Morgan fingerprint density at radius 3 is 2.52 bits per heavy atom. The Morgan fingerprint density at radius 1 is 1.17 bits per heavy atom. The van der Waals surface area contributed by atoms with Crippen molar-refractivity contribution in [1.29, 1.82) is 0 Å². The van der Waals surface area contributed by atoms with E-state index in [1.54, 1.807) is 17.8 Å². The minimum atomic E-state index is -0.182. The lowest BCUT2D eigenvalue weighted by Gasteiger charge is -2.37. The molecule has 2 N–H and O–H groups in total. The average Bonchev–Trinajstić information content (AvgIpc) is 2.71. The molecule has 1 aromatic rings. The second-order valence-electron chi connectivity index (χ2n) is 7.24. The molecule has 0 bridgehead atoms. The van der Waals surface area contributed by atoms with Crippen LogP contribution in [0.2, 0.25) is 0 Å². The highest BCUT2D eigenvalue weighted by molar-refractivity contribution is 14.0. The summed E-state index contributed by atoms with van der Waals surface area (Å²) in [5, 5.41) is 6.80. The topological polar surface area (TPSA) is 42.9 Å². The number of halogens is 2. The van der Waals surface area contributed by atoms with Crippen LogP contribution in [-0.4, -0.2) is 73.9 Å². The fraction of sp³-hybridized carbons (Fsp3) is 0.667. The van der Waals surface area contributed by atoms with E-state index in [9.17, 15) is 4.39 Å². The zero-order valence-corrected chi connectivity index (χ0v) is 21.4. The maximum absolute atomic E-state index is 13.5. The van der Waals surface area contributed by atoms with Crippen molar-refractivity contribution in [3.63, 3.8) is 0 Å². The highest BCUT2D eigenvalue weighted by atomic mass is 127. The van der Waals surface area contributed by atoms with Gasteiger partial charge in [0, 0.05) is 51.1 Å². The molecule has 2 rings (SSSR count). The van der Waals surface area contributed by atoms with E-state index in [4.69, 9.17) is 4.99 Å². The van der Waals surface area contributed by atoms with Crippen LogP contribution in [0.15, 0.2) is 23.2 Å². The number of piperazine rings is 1. The van der Waals surface area contributed by atoms with Crippen molar-refractivity contribution < 1.29 is 4.39 Å². The summed E-state index contributed by atoms with van der Waals surface area (Å²) in [5.74, 6) is 1.44. The van der Waals surface area contributed by atoms with Crippen LogP contribution in [0.1, 0.15) is 31.9 Å². The number of aliphatic imine (C=N–C) groups is 1. The molecule has 5 nitrogen and oxygen atoms in total. The summed E-state index contributed by atoms with van der Waals surface area (Å²) in [5.41, 5.74) is 2.10. The molecular formula is C21H37FIN5S. The maximum atomic E-state index is 13.5. The number of nitrogens with zero attached hydrogens (tertiary/aromatic N) is 3. The third-order valence-corrected chi connectivity index (χ3v) is 5.86. The first-order valence-corrected chi connectivity index (χ1v) is 11.7. The summed E-state index contributed by atoms with van der Waals surface area (Å²) < 4.78 is 13.5. The van der Waals surface area contributed by atoms with Gasteiger partial charge in [-0.05, 0) is 49.9 Å². The first-order valence-electron chi connectivity index (χ1n) is 10.3. The quantitative estimate of drug-likeness (QED) is 0.287. The van der Waals surface area contributed by atoms with E-state index >= 15 is 0 Å². The van der Waals surface area contributed by atoms with Gasteiger partial charge in [0.2, 0.25) is 0 Å². The molecule has 0 radical (unpaired) electrons. The van der Waals surface area contributed by atoms with E-state index in [1.807, 2.05) is 12.3 Å². The molecule has 0 spiro atoms. The van der Waals surface area contributed by atoms with Gasteiger partial charge in [0.25, 0.3) is 0 Å². The molecule has 1 unspecified atom stereocenters. The molecule has 1 fully saturated rings. The summed E-state index contributed by atoms with van der Waals surface area (Å²) in [6.07, 6.45) is 2.03. The Kier molecular flexibility index (Phi) is 13.2. The molecule has 1 heterocycles. The number of likely N-dealkylation sites (N-methyl/N-ethyl adjacent to an activating group) is 1. The lowest BCUT2D eigenvalue weighted by molar-refractivity contribution is 0.107. The SMILES string of the molecule is CCNC(=NCc1ccc(F)cc1CSC)NCC(C)N1CCN(CC)CC1.I. The van der Waals surface area contributed by atoms with Crippen molar-refractivity contribution in [2.24, 2.45) is 4.99 Å². The Morgan fingerprint density at radius 2 is 1.90 bits per heavy atom. The summed E-state index contributed by atoms with van der Waals surface area (Å²) in [6.45, 7) is 14.5. The molecule has 1 aliphatic heterocycles. The minimum Gasteiger partial charge on any atom is -0.357 e. The van der Waals surface area contributed by atoms with Crippen molar-refractivity contribution in [1.82, 2.24) is 20.4 Å². The predicted octanol–water partition coefficient (Wildman–Crippen LogP) is 3.39. The van der Waals surface area contributed by atoms with Gasteiger partial charge in [-0.25, -0.2) is 9.38 Å². The molecule has 1 atom stereocenters. The molecular weight excluding hydrogens is 500 g/mol. The molecule has 1 aromatic carbocycles. The molecule has 166 valence electrons. The zero-order chi connectivity index (χ0) is 20.4. The smallest absolute Gasteiger partial charge is 0.191 e. The van der Waals surface area contributed by atoms with Gasteiger partial charge >= 0.3 is 0 Å². The number of hydrogen-bond acceptors (Lipinski definition) is 4. The first-order chi connectivity index (χ1) is 13.6. The van der Waals surface area contributed by atoms with E-state index < -0.39 is 0 Å². The highest BCUT2D eigenvalue weighted by Crippen LogP contribution is 2.17. The van der Waals surface area contributed by atoms with Gasteiger partial charge in [0.15, 0.2) is 5.96 Å². The number of benzene rings is 1. The maximum Gasteiger partial charge on any atom is 0.191 e. The zero-order valence-electron chi connectivity index (χ0n) is 18.2. The van der Waals surface area contributed by atoms with Gasteiger partial charge in [-0.2, -0.15) is 11.8 Å². The Labute approximate surface area is 197 Å². The van der Waals surface area contributed by atoms with Gasteiger partial charge in [-0.15, -0.1) is 24.0 Å². The van der Waals surface area contributed by atoms with Crippen molar-refractivity contribution >= 4 is 41.7 Å². The molecule has 29 heavy (non-hydrogen) atoms. The second kappa shape index (κ2) is 14.4. The van der Waals surface area contributed by atoms with Crippen LogP contribution in [0.4, 0.5) is 4.39 Å². The van der Waals surface area contributed by atoms with E-state index in [0.717, 1.165) is 68.7 Å². The summed E-state index contributed by atoms with van der Waals surface area (Å²) in [4.78, 5) is 9.77. The highest BCUT2D eigenvalue weighted by Gasteiger charge is 2.20. The monoisotopic (exact) mass is 537 g/mol. The fourth-order valence-electron chi connectivity index (χ4n) is 3.44. The Bertz CT molecular complexity index is 623. The molecule has 1 aliphatic rings. The van der Waals surface area contributed by atoms with E-state index in [1.165, 1.54) is 6.07 Å². The molecule has 1 saturated heterocycles. The van der Waals surface area contributed by atoms with Crippen LogP contribution in [0.5, 0.6) is 0 Å². The molecule has 0 saturated carbocycles. The molecule has 0 amide bonds. The standard InChI is InChI=1S/C21H36FN5S.HI/c1-5-23-21(24-14-17(3)27-11-9-26(6-2)10-12-27)25-15-18-7-8-20(22)13-19(18)16-28-4;/h7-8,13,17H,5-6,9-12,14-16H2,1-4H3,(H2,23,24,25);1H. The van der Waals surface area contributed by atoms with Gasteiger partial charge in [-0.1, -0.05) is 13.0 Å². The minimum absolute atomic E-state index is 0. The Balaban J connectivity index is 0.00000420. The average molecular weight is 538 g/mol. The van der Waals surface area contributed by atoms with E-state index in [0.29, 0.717) is 12.6 Å². The normalized spacial score (nSPS) is 16.9. The van der Waals surface area contributed by atoms with Gasteiger partial charge in [0.05, 0.1) is 6.54 Å². The number of nitrogens with one attached hydrogen (secondary N) is 2. The second-order valence-corrected chi connectivity index (χ2v) is 8.11. The van der Waals surface area contributed by atoms with Crippen molar-refractivity contribution in [2.75, 3.05) is 52.1 Å². The number of rotatable bonds is 9. The van der Waals surface area contributed by atoms with Gasteiger partial charge < -0.3 is 15.5 Å². The van der Waals surface area contributed by atoms with Gasteiger partial charge in [0.1, 0.15) is 5.82 Å². The third-order valence-electron chi connectivity index (χ3n) is 5.26. The van der Waals surface area contributed by atoms with E-state index in [-0.39, 0.29) is 29.8 Å². The number of thioether (sulfide) groups is 1. The largest absolute Gasteiger partial charge is 0.357 e. The van der Waals surface area contributed by atoms with Crippen molar-refractivity contribution in [3.8, 4) is 0 Å². The fourth-order valence-corrected chi connectivity index (χ4v) is 4.02. The molecule has 8 heteroatoms. The first kappa shape index (κ1) is 26.5. The third kappa shape index (κ3) is 8.98. The van der Waals surface area contributed by atoms with Crippen molar-refractivity contribution in [3.05, 3.63) is 35.1 Å². The summed E-state index contributed by atoms with van der Waals surface area (Å²) in [7, 11) is 0. The molecule has 0 aromatic heterocycles. The van der Waals surface area contributed by atoms with Crippen LogP contribution in [0, 0.1) is 5.82 Å². The van der Waals surface area contributed by atoms with Crippen molar-refractivity contribution in [2.45, 2.75) is 39.1 Å². The molecule has 0 aliphatic carbocycles. The van der Waals surface area contributed by atoms with Crippen LogP contribution in [0.3, 0.4) is 0 Å². The number of guanidine groups is 1. The summed E-state index contributed by atoms with van der Waals surface area (Å²) >= 11 is 1.70. The van der Waals surface area contributed by atoms with E-state index in [2.05, 4.69) is 41.2 Å². The lowest BCUT2D eigenvalue weighted by Crippen LogP contribution is -2.53. The van der Waals surface area contributed by atoms with Crippen LogP contribution in [0.25, 0.3) is 0 Å².